The Morgan fingerprint density at radius 2 is 2.00 bits per heavy atom. The van der Waals surface area contributed by atoms with Crippen LogP contribution < -0.4 is 5.43 Å². The highest BCUT2D eigenvalue weighted by atomic mass is 16.1. The van der Waals surface area contributed by atoms with E-state index in [1.165, 1.54) is 0 Å². The molecule has 4 nitrogen and oxygen atoms in total. The van der Waals surface area contributed by atoms with Crippen LogP contribution in [0.25, 0.3) is 0 Å². The third-order valence-electron chi connectivity index (χ3n) is 2.82. The smallest absolute Gasteiger partial charge is 0.199 e. The minimum atomic E-state index is 0.119. The molecule has 1 aromatic rings. The molecule has 0 radical (unpaired) electrons. The Hall–Kier alpha value is -1.84. The van der Waals surface area contributed by atoms with Gasteiger partial charge in [-0.15, -0.1) is 0 Å². The lowest BCUT2D eigenvalue weighted by atomic mass is 10.2. The normalized spacial score (nSPS) is 19.2. The molecule has 1 fully saturated rings. The van der Waals surface area contributed by atoms with E-state index in [2.05, 4.69) is 10.5 Å². The van der Waals surface area contributed by atoms with Gasteiger partial charge in [-0.3, -0.25) is 10.2 Å². The van der Waals surface area contributed by atoms with Crippen LogP contribution in [0, 0.1) is 0 Å². The van der Waals surface area contributed by atoms with E-state index in [0.29, 0.717) is 12.3 Å². The lowest BCUT2D eigenvalue weighted by molar-refractivity contribution is -0.113. The maximum absolute atomic E-state index is 11.8. The number of carbonyl (C=O) groups is 1. The quantitative estimate of drug-likeness (QED) is 0.793. The number of hydrogen-bond acceptors (Lipinski definition) is 3. The number of nitrogens with one attached hydrogen (secondary N) is 1. The van der Waals surface area contributed by atoms with Gasteiger partial charge < -0.3 is 4.90 Å². The Labute approximate surface area is 101 Å². The fourth-order valence-corrected chi connectivity index (χ4v) is 1.84. The molecule has 0 amide bonds. The molecule has 0 aliphatic carbocycles. The summed E-state index contributed by atoms with van der Waals surface area (Å²) in [6, 6.07) is 9.65. The molecule has 4 heteroatoms. The number of amidine groups is 1. The molecule has 0 spiro atoms. The topological polar surface area (TPSA) is 44.7 Å². The Balaban J connectivity index is 2.11. The monoisotopic (exact) mass is 231 g/mol. The molecular weight excluding hydrogens is 214 g/mol. The van der Waals surface area contributed by atoms with Crippen molar-refractivity contribution in [1.82, 2.24) is 4.90 Å². The fourth-order valence-electron chi connectivity index (χ4n) is 1.84. The van der Waals surface area contributed by atoms with Crippen molar-refractivity contribution in [1.29, 1.82) is 0 Å². The van der Waals surface area contributed by atoms with Crippen molar-refractivity contribution in [3.8, 4) is 0 Å². The first-order chi connectivity index (χ1) is 8.27. The number of hydrazone groups is 1. The third-order valence-corrected chi connectivity index (χ3v) is 2.82. The number of ketones is 1. The van der Waals surface area contributed by atoms with Gasteiger partial charge in [0, 0.05) is 20.0 Å². The molecule has 1 heterocycles. The molecule has 1 aromatic carbocycles. The number of para-hydroxylation sites is 1. The molecular formula is C13H17N3O. The Kier molecular flexibility index (Phi) is 3.75. The lowest BCUT2D eigenvalue weighted by Gasteiger charge is -2.16. The van der Waals surface area contributed by atoms with Gasteiger partial charge in [0.15, 0.2) is 11.6 Å². The summed E-state index contributed by atoms with van der Waals surface area (Å²) >= 11 is 0. The minimum absolute atomic E-state index is 0.119. The van der Waals surface area contributed by atoms with Crippen LogP contribution in [0.3, 0.4) is 0 Å². The van der Waals surface area contributed by atoms with Crippen LogP contribution in [-0.4, -0.2) is 30.1 Å². The van der Waals surface area contributed by atoms with Gasteiger partial charge in [0.2, 0.25) is 0 Å². The summed E-state index contributed by atoms with van der Waals surface area (Å²) < 4.78 is 0. The lowest BCUT2D eigenvalue weighted by Crippen LogP contribution is -2.32. The number of Topliss-reactive ketones (excluding diaryl/α,β-unsaturated/α-hetero) is 1. The first kappa shape index (κ1) is 11.6. The number of carbonyl (C=O) groups excluding carboxylic acids is 1. The Morgan fingerprint density at radius 3 is 2.76 bits per heavy atom. The molecule has 1 saturated heterocycles. The van der Waals surface area contributed by atoms with E-state index < -0.39 is 0 Å². The number of nitrogens with zero attached hydrogens (tertiary/aromatic N) is 2. The zero-order valence-corrected chi connectivity index (χ0v) is 10.0. The zero-order valence-electron chi connectivity index (χ0n) is 10.0. The molecule has 1 aliphatic heterocycles. The van der Waals surface area contributed by atoms with E-state index in [0.717, 1.165) is 25.1 Å². The second kappa shape index (κ2) is 5.48. The van der Waals surface area contributed by atoms with E-state index in [4.69, 9.17) is 0 Å². The summed E-state index contributed by atoms with van der Waals surface area (Å²) in [6.07, 6.45) is 2.60. The SMILES string of the molecule is CN1CCCCC(=O)C1=NNc1ccccc1. The van der Waals surface area contributed by atoms with Crippen molar-refractivity contribution < 1.29 is 4.79 Å². The molecule has 1 N–H and O–H groups in total. The maximum atomic E-state index is 11.8. The molecule has 90 valence electrons. The molecule has 0 saturated carbocycles. The van der Waals surface area contributed by atoms with Crippen LogP contribution in [-0.2, 0) is 4.79 Å². The second-order valence-electron chi connectivity index (χ2n) is 4.22. The van der Waals surface area contributed by atoms with Crippen molar-refractivity contribution >= 4 is 17.3 Å². The highest BCUT2D eigenvalue weighted by molar-refractivity contribution is 6.38. The Bertz CT molecular complexity index is 414. The molecule has 0 bridgehead atoms. The van der Waals surface area contributed by atoms with Crippen LogP contribution >= 0.6 is 0 Å². The number of anilines is 1. The van der Waals surface area contributed by atoms with Crippen molar-refractivity contribution in [2.24, 2.45) is 5.10 Å². The predicted molar refractivity (Wildman–Crippen MR) is 69.0 cm³/mol. The first-order valence-corrected chi connectivity index (χ1v) is 5.90. The van der Waals surface area contributed by atoms with E-state index in [-0.39, 0.29) is 5.78 Å². The summed E-state index contributed by atoms with van der Waals surface area (Å²) in [4.78, 5) is 13.8. The van der Waals surface area contributed by atoms with Crippen LogP contribution in [0.2, 0.25) is 0 Å². The Morgan fingerprint density at radius 1 is 1.24 bits per heavy atom. The van der Waals surface area contributed by atoms with Gasteiger partial charge in [-0.25, -0.2) is 0 Å². The highest BCUT2D eigenvalue weighted by Gasteiger charge is 2.19. The number of rotatable bonds is 2. The molecule has 2 rings (SSSR count). The van der Waals surface area contributed by atoms with Crippen LogP contribution in [0.15, 0.2) is 35.4 Å². The van der Waals surface area contributed by atoms with E-state index in [1.807, 2.05) is 42.3 Å². The predicted octanol–water partition coefficient (Wildman–Crippen LogP) is 2.10. The molecule has 0 atom stereocenters. The van der Waals surface area contributed by atoms with Gasteiger partial charge in [-0.05, 0) is 25.0 Å². The van der Waals surface area contributed by atoms with Crippen molar-refractivity contribution in [3.05, 3.63) is 30.3 Å². The van der Waals surface area contributed by atoms with Gasteiger partial charge in [-0.1, -0.05) is 18.2 Å². The standard InChI is InChI=1S/C13H17N3O/c1-16-10-6-5-9-12(17)13(16)15-14-11-7-3-2-4-8-11/h2-4,7-8,14H,5-6,9-10H2,1H3. The molecule has 0 unspecified atom stereocenters. The molecule has 17 heavy (non-hydrogen) atoms. The number of likely N-dealkylation sites (N-methyl/N-ethyl adjacent to an activating group) is 1. The third kappa shape index (κ3) is 3.06. The van der Waals surface area contributed by atoms with Gasteiger partial charge in [0.1, 0.15) is 0 Å². The van der Waals surface area contributed by atoms with E-state index in [9.17, 15) is 4.79 Å². The highest BCUT2D eigenvalue weighted by Crippen LogP contribution is 2.10. The van der Waals surface area contributed by atoms with Gasteiger partial charge in [-0.2, -0.15) is 5.10 Å². The summed E-state index contributed by atoms with van der Waals surface area (Å²) in [7, 11) is 1.91. The number of benzene rings is 1. The largest absolute Gasteiger partial charge is 0.355 e. The van der Waals surface area contributed by atoms with Crippen molar-refractivity contribution in [2.75, 3.05) is 19.0 Å². The zero-order chi connectivity index (χ0) is 12.1. The van der Waals surface area contributed by atoms with Crippen molar-refractivity contribution in [3.63, 3.8) is 0 Å². The molecule has 1 aliphatic rings. The fraction of sp³-hybridized carbons (Fsp3) is 0.385. The van der Waals surface area contributed by atoms with Crippen LogP contribution in [0.1, 0.15) is 19.3 Å². The average molecular weight is 231 g/mol. The first-order valence-electron chi connectivity index (χ1n) is 5.90. The van der Waals surface area contributed by atoms with Gasteiger partial charge >= 0.3 is 0 Å². The number of hydrogen-bond donors (Lipinski definition) is 1. The van der Waals surface area contributed by atoms with Gasteiger partial charge in [0.05, 0.1) is 5.69 Å². The van der Waals surface area contributed by atoms with Crippen LogP contribution in [0.5, 0.6) is 0 Å². The molecule has 0 aromatic heterocycles. The average Bonchev–Trinajstić information content (AvgIpc) is 2.50. The van der Waals surface area contributed by atoms with Crippen molar-refractivity contribution in [2.45, 2.75) is 19.3 Å². The van der Waals surface area contributed by atoms with Crippen LogP contribution in [0.4, 0.5) is 5.69 Å². The van der Waals surface area contributed by atoms with Gasteiger partial charge in [0.25, 0.3) is 0 Å². The summed E-state index contributed by atoms with van der Waals surface area (Å²) in [5, 5.41) is 4.22. The minimum Gasteiger partial charge on any atom is -0.355 e. The summed E-state index contributed by atoms with van der Waals surface area (Å²) in [5.41, 5.74) is 3.82. The number of likely N-dealkylation sites (tertiary alicyclic amines) is 1. The van der Waals surface area contributed by atoms with E-state index >= 15 is 0 Å². The second-order valence-corrected chi connectivity index (χ2v) is 4.22. The summed E-state index contributed by atoms with van der Waals surface area (Å²) in [6.45, 7) is 0.890. The summed E-state index contributed by atoms with van der Waals surface area (Å²) in [5.74, 6) is 0.653. The maximum Gasteiger partial charge on any atom is 0.199 e. The van der Waals surface area contributed by atoms with E-state index in [1.54, 1.807) is 0 Å².